The van der Waals surface area contributed by atoms with E-state index >= 15 is 0 Å². The van der Waals surface area contributed by atoms with Crippen LogP contribution in [0.4, 0.5) is 0 Å². The molecule has 5 nitrogen and oxygen atoms in total. The van der Waals surface area contributed by atoms with E-state index in [4.69, 9.17) is 9.63 Å². The number of aliphatic hydroxyl groups excluding tert-OH is 1. The number of aliphatic hydroxyl groups is 1. The third-order valence-electron chi connectivity index (χ3n) is 3.26. The van der Waals surface area contributed by atoms with Gasteiger partial charge >= 0.3 is 5.76 Å². The molecule has 1 N–H and O–H groups in total. The van der Waals surface area contributed by atoms with Crippen LogP contribution in [0.2, 0.25) is 0 Å². The van der Waals surface area contributed by atoms with Crippen molar-refractivity contribution in [3.8, 4) is 11.4 Å². The second-order valence-corrected chi connectivity index (χ2v) is 4.70. The fraction of sp³-hybridized carbons (Fsp3) is 0.125. The molecule has 0 radical (unpaired) electrons. The van der Waals surface area contributed by atoms with Crippen LogP contribution in [-0.2, 0) is 13.2 Å². The first-order valence-electron chi connectivity index (χ1n) is 6.58. The van der Waals surface area contributed by atoms with E-state index in [-0.39, 0.29) is 6.61 Å². The standard InChI is InChI=1S/C16H14N2O3/c19-11-13-8-6-12(7-9-13)10-18-15(17-21-16(18)20)14-4-2-1-3-5-14/h1-9,19H,10-11H2. The summed E-state index contributed by atoms with van der Waals surface area (Å²) in [5.74, 6) is 0.0203. The molecule has 0 atom stereocenters. The molecule has 0 aliphatic rings. The highest BCUT2D eigenvalue weighted by Crippen LogP contribution is 2.16. The van der Waals surface area contributed by atoms with E-state index in [2.05, 4.69) is 5.16 Å². The van der Waals surface area contributed by atoms with Gasteiger partial charge in [-0.05, 0) is 11.1 Å². The molecular formula is C16H14N2O3. The van der Waals surface area contributed by atoms with Gasteiger partial charge in [-0.2, -0.15) is 0 Å². The van der Waals surface area contributed by atoms with Gasteiger partial charge < -0.3 is 5.11 Å². The summed E-state index contributed by atoms with van der Waals surface area (Å²) in [6, 6.07) is 16.8. The molecule has 0 amide bonds. The van der Waals surface area contributed by atoms with Crippen LogP contribution in [0.25, 0.3) is 11.4 Å². The first-order valence-corrected chi connectivity index (χ1v) is 6.58. The van der Waals surface area contributed by atoms with Crippen LogP contribution in [0.15, 0.2) is 63.9 Å². The topological polar surface area (TPSA) is 68.3 Å². The molecule has 0 bridgehead atoms. The average molecular weight is 282 g/mol. The van der Waals surface area contributed by atoms with Gasteiger partial charge in [0.15, 0.2) is 5.82 Å². The Kier molecular flexibility index (Phi) is 3.66. The highest BCUT2D eigenvalue weighted by Gasteiger charge is 2.12. The van der Waals surface area contributed by atoms with E-state index in [1.54, 1.807) is 0 Å². The molecule has 3 aromatic rings. The van der Waals surface area contributed by atoms with Crippen LogP contribution in [0.3, 0.4) is 0 Å². The summed E-state index contributed by atoms with van der Waals surface area (Å²) in [4.78, 5) is 11.8. The van der Waals surface area contributed by atoms with Gasteiger partial charge in [0.1, 0.15) is 0 Å². The molecule has 3 rings (SSSR count). The molecule has 0 aliphatic carbocycles. The summed E-state index contributed by atoms with van der Waals surface area (Å²) in [7, 11) is 0. The minimum Gasteiger partial charge on any atom is -0.392 e. The molecule has 1 heterocycles. The quantitative estimate of drug-likeness (QED) is 0.795. The van der Waals surface area contributed by atoms with Crippen LogP contribution >= 0.6 is 0 Å². The van der Waals surface area contributed by atoms with Crippen molar-refractivity contribution in [3.63, 3.8) is 0 Å². The minimum atomic E-state index is -0.486. The average Bonchev–Trinajstić information content (AvgIpc) is 2.90. The fourth-order valence-corrected chi connectivity index (χ4v) is 2.14. The van der Waals surface area contributed by atoms with Crippen molar-refractivity contribution < 1.29 is 9.63 Å². The summed E-state index contributed by atoms with van der Waals surface area (Å²) in [6.45, 7) is 0.376. The van der Waals surface area contributed by atoms with Crippen LogP contribution in [-0.4, -0.2) is 14.8 Å². The van der Waals surface area contributed by atoms with Crippen molar-refractivity contribution in [2.75, 3.05) is 0 Å². The Morgan fingerprint density at radius 3 is 2.33 bits per heavy atom. The summed E-state index contributed by atoms with van der Waals surface area (Å²) in [5.41, 5.74) is 2.60. The Morgan fingerprint density at radius 2 is 1.67 bits per heavy atom. The van der Waals surface area contributed by atoms with Gasteiger partial charge in [0.05, 0.1) is 13.2 Å². The molecule has 0 saturated heterocycles. The zero-order valence-corrected chi connectivity index (χ0v) is 11.3. The van der Waals surface area contributed by atoms with Crippen LogP contribution in [0.5, 0.6) is 0 Å². The molecule has 5 heteroatoms. The largest absolute Gasteiger partial charge is 0.442 e. The Hall–Kier alpha value is -2.66. The van der Waals surface area contributed by atoms with Gasteiger partial charge in [0.25, 0.3) is 0 Å². The molecule has 0 aliphatic heterocycles. The van der Waals surface area contributed by atoms with Crippen molar-refractivity contribution in [3.05, 3.63) is 76.3 Å². The van der Waals surface area contributed by atoms with E-state index in [9.17, 15) is 4.79 Å². The summed E-state index contributed by atoms with van der Waals surface area (Å²) < 4.78 is 6.27. The number of aromatic nitrogens is 2. The predicted molar refractivity (Wildman–Crippen MR) is 77.7 cm³/mol. The molecule has 1 aromatic heterocycles. The predicted octanol–water partition coefficient (Wildman–Crippen LogP) is 2.04. The number of nitrogens with zero attached hydrogens (tertiary/aromatic N) is 2. The maximum Gasteiger partial charge on any atom is 0.442 e. The van der Waals surface area contributed by atoms with Crippen molar-refractivity contribution in [1.29, 1.82) is 0 Å². The third kappa shape index (κ3) is 2.78. The third-order valence-corrected chi connectivity index (χ3v) is 3.26. The first-order chi connectivity index (χ1) is 10.3. The molecular weight excluding hydrogens is 268 g/mol. The van der Waals surface area contributed by atoms with Gasteiger partial charge in [0.2, 0.25) is 0 Å². The van der Waals surface area contributed by atoms with E-state index in [1.165, 1.54) is 4.57 Å². The van der Waals surface area contributed by atoms with Crippen LogP contribution in [0.1, 0.15) is 11.1 Å². The van der Waals surface area contributed by atoms with Gasteiger partial charge in [0, 0.05) is 5.56 Å². The SMILES string of the molecule is O=c1onc(-c2ccccc2)n1Cc1ccc(CO)cc1. The second-order valence-electron chi connectivity index (χ2n) is 4.70. The van der Waals surface area contributed by atoms with Crippen molar-refractivity contribution in [1.82, 2.24) is 9.72 Å². The molecule has 2 aromatic carbocycles. The molecule has 0 spiro atoms. The Bertz CT molecular complexity index is 773. The van der Waals surface area contributed by atoms with Crippen molar-refractivity contribution in [2.45, 2.75) is 13.2 Å². The van der Waals surface area contributed by atoms with Gasteiger partial charge in [-0.25, -0.2) is 4.79 Å². The zero-order chi connectivity index (χ0) is 14.7. The van der Waals surface area contributed by atoms with E-state index in [0.717, 1.165) is 16.7 Å². The molecule has 0 unspecified atom stereocenters. The molecule has 0 fully saturated rings. The molecule has 21 heavy (non-hydrogen) atoms. The highest BCUT2D eigenvalue weighted by atomic mass is 16.5. The van der Waals surface area contributed by atoms with Crippen LogP contribution in [0, 0.1) is 0 Å². The number of hydrogen-bond acceptors (Lipinski definition) is 4. The summed E-state index contributed by atoms with van der Waals surface area (Å²) in [6.07, 6.45) is 0. The maximum atomic E-state index is 11.8. The van der Waals surface area contributed by atoms with E-state index in [0.29, 0.717) is 12.4 Å². The Morgan fingerprint density at radius 1 is 1.00 bits per heavy atom. The number of rotatable bonds is 4. The van der Waals surface area contributed by atoms with Crippen molar-refractivity contribution in [2.24, 2.45) is 0 Å². The molecule has 0 saturated carbocycles. The zero-order valence-electron chi connectivity index (χ0n) is 11.3. The lowest BCUT2D eigenvalue weighted by atomic mass is 10.1. The van der Waals surface area contributed by atoms with Crippen molar-refractivity contribution >= 4 is 0 Å². The van der Waals surface area contributed by atoms with Gasteiger partial charge in [-0.15, -0.1) is 0 Å². The first kappa shape index (κ1) is 13.3. The number of benzene rings is 2. The summed E-state index contributed by atoms with van der Waals surface area (Å²) in [5, 5.41) is 12.9. The smallest absolute Gasteiger partial charge is 0.392 e. The second kappa shape index (κ2) is 5.76. The van der Waals surface area contributed by atoms with E-state index in [1.807, 2.05) is 54.6 Å². The lowest BCUT2D eigenvalue weighted by Gasteiger charge is -2.05. The number of hydrogen-bond donors (Lipinski definition) is 1. The molecule has 106 valence electrons. The highest BCUT2D eigenvalue weighted by molar-refractivity contribution is 5.54. The lowest BCUT2D eigenvalue weighted by molar-refractivity contribution is 0.282. The lowest BCUT2D eigenvalue weighted by Crippen LogP contribution is -2.16. The fourth-order valence-electron chi connectivity index (χ4n) is 2.14. The summed E-state index contributed by atoms with van der Waals surface area (Å²) >= 11 is 0. The van der Waals surface area contributed by atoms with Gasteiger partial charge in [-0.1, -0.05) is 59.8 Å². The monoisotopic (exact) mass is 282 g/mol. The van der Waals surface area contributed by atoms with Crippen LogP contribution < -0.4 is 5.76 Å². The maximum absolute atomic E-state index is 11.8. The Balaban J connectivity index is 1.95. The minimum absolute atomic E-state index is 0.00274. The Labute approximate surface area is 121 Å². The van der Waals surface area contributed by atoms with Gasteiger partial charge in [-0.3, -0.25) is 9.09 Å². The normalized spacial score (nSPS) is 10.7. The van der Waals surface area contributed by atoms with E-state index < -0.39 is 5.76 Å².